The first kappa shape index (κ1) is 13.4. The molecule has 2 rings (SSSR count). The average Bonchev–Trinajstić information content (AvgIpc) is 2.61. The van der Waals surface area contributed by atoms with Gasteiger partial charge in [-0.1, -0.05) is 12.8 Å². The van der Waals surface area contributed by atoms with Crippen LogP contribution in [-0.2, 0) is 4.79 Å². The van der Waals surface area contributed by atoms with Crippen molar-refractivity contribution in [2.45, 2.75) is 38.6 Å². The summed E-state index contributed by atoms with van der Waals surface area (Å²) in [6.45, 7) is 3.59. The van der Waals surface area contributed by atoms with Gasteiger partial charge < -0.3 is 10.6 Å². The van der Waals surface area contributed by atoms with E-state index in [9.17, 15) is 4.79 Å². The van der Waals surface area contributed by atoms with Gasteiger partial charge in [0.2, 0.25) is 5.91 Å². The van der Waals surface area contributed by atoms with Gasteiger partial charge in [-0.05, 0) is 35.7 Å². The maximum absolute atomic E-state index is 12.4. The standard InChI is InChI=1S/C12H19BrN4O/c1-9(17-8-10(13)11(14)15-17)12(18)16-6-4-2-3-5-7-16/h8-9H,2-7H2,1H3,(H2,14,15). The molecule has 1 atom stereocenters. The lowest BCUT2D eigenvalue weighted by atomic mass is 10.2. The van der Waals surface area contributed by atoms with Gasteiger partial charge in [0, 0.05) is 19.3 Å². The molecule has 100 valence electrons. The van der Waals surface area contributed by atoms with Crippen molar-refractivity contribution < 1.29 is 4.79 Å². The lowest BCUT2D eigenvalue weighted by Gasteiger charge is -2.24. The minimum absolute atomic E-state index is 0.131. The number of nitrogens with zero attached hydrogens (tertiary/aromatic N) is 3. The summed E-state index contributed by atoms with van der Waals surface area (Å²) < 4.78 is 2.37. The zero-order chi connectivity index (χ0) is 13.1. The van der Waals surface area contributed by atoms with Gasteiger partial charge >= 0.3 is 0 Å². The summed E-state index contributed by atoms with van der Waals surface area (Å²) in [6, 6.07) is -0.295. The van der Waals surface area contributed by atoms with Gasteiger partial charge in [0.1, 0.15) is 6.04 Å². The van der Waals surface area contributed by atoms with E-state index < -0.39 is 0 Å². The number of aromatic nitrogens is 2. The Bertz CT molecular complexity index is 404. The molecule has 2 heterocycles. The molecule has 1 aliphatic heterocycles. The Morgan fingerprint density at radius 2 is 2.00 bits per heavy atom. The van der Waals surface area contributed by atoms with Gasteiger partial charge in [-0.3, -0.25) is 9.48 Å². The number of anilines is 1. The number of hydrogen-bond donors (Lipinski definition) is 1. The summed E-state index contributed by atoms with van der Waals surface area (Å²) in [5.74, 6) is 0.553. The van der Waals surface area contributed by atoms with E-state index in [0.29, 0.717) is 5.82 Å². The highest BCUT2D eigenvalue weighted by Gasteiger charge is 2.23. The van der Waals surface area contributed by atoms with Crippen LogP contribution in [0.2, 0.25) is 0 Å². The third-order valence-corrected chi connectivity index (χ3v) is 4.00. The largest absolute Gasteiger partial charge is 0.381 e. The van der Waals surface area contributed by atoms with Crippen LogP contribution in [0, 0.1) is 0 Å². The number of carbonyl (C=O) groups is 1. The number of carbonyl (C=O) groups excluding carboxylic acids is 1. The summed E-state index contributed by atoms with van der Waals surface area (Å²) in [7, 11) is 0. The predicted octanol–water partition coefficient (Wildman–Crippen LogP) is 2.19. The molecule has 6 heteroatoms. The van der Waals surface area contributed by atoms with E-state index in [2.05, 4.69) is 21.0 Å². The molecular weight excluding hydrogens is 296 g/mol. The second-order valence-corrected chi connectivity index (χ2v) is 5.61. The third-order valence-electron chi connectivity index (χ3n) is 3.39. The molecule has 1 aromatic heterocycles. The maximum Gasteiger partial charge on any atom is 0.247 e. The van der Waals surface area contributed by atoms with Crippen molar-refractivity contribution in [3.8, 4) is 0 Å². The summed E-state index contributed by atoms with van der Waals surface area (Å²) >= 11 is 3.31. The molecule has 0 bridgehead atoms. The first-order valence-electron chi connectivity index (χ1n) is 6.38. The molecule has 1 unspecified atom stereocenters. The summed E-state index contributed by atoms with van der Waals surface area (Å²) in [6.07, 6.45) is 6.40. The van der Waals surface area contributed by atoms with E-state index in [0.717, 1.165) is 30.4 Å². The fraction of sp³-hybridized carbons (Fsp3) is 0.667. The van der Waals surface area contributed by atoms with Crippen LogP contribution in [-0.4, -0.2) is 33.7 Å². The Morgan fingerprint density at radius 1 is 1.39 bits per heavy atom. The van der Waals surface area contributed by atoms with Crippen LogP contribution in [0.5, 0.6) is 0 Å². The van der Waals surface area contributed by atoms with Crippen LogP contribution >= 0.6 is 15.9 Å². The second-order valence-electron chi connectivity index (χ2n) is 4.76. The van der Waals surface area contributed by atoms with Crippen molar-refractivity contribution in [1.29, 1.82) is 0 Å². The Morgan fingerprint density at radius 3 is 2.50 bits per heavy atom. The van der Waals surface area contributed by atoms with Crippen molar-refractivity contribution in [3.63, 3.8) is 0 Å². The Kier molecular flexibility index (Phi) is 4.27. The minimum Gasteiger partial charge on any atom is -0.381 e. The van der Waals surface area contributed by atoms with Gasteiger partial charge in [0.15, 0.2) is 5.82 Å². The van der Waals surface area contributed by atoms with Gasteiger partial charge in [-0.25, -0.2) is 0 Å². The average molecular weight is 315 g/mol. The second kappa shape index (κ2) is 5.73. The van der Waals surface area contributed by atoms with Crippen LogP contribution in [0.4, 0.5) is 5.82 Å². The van der Waals surface area contributed by atoms with Crippen LogP contribution in [0.15, 0.2) is 10.7 Å². The fourth-order valence-corrected chi connectivity index (χ4v) is 2.54. The zero-order valence-corrected chi connectivity index (χ0v) is 12.2. The molecule has 2 N–H and O–H groups in total. The summed E-state index contributed by atoms with van der Waals surface area (Å²) in [5.41, 5.74) is 5.68. The lowest BCUT2D eigenvalue weighted by Crippen LogP contribution is -2.37. The molecule has 1 amide bonds. The van der Waals surface area contributed by atoms with Crippen molar-refractivity contribution in [2.24, 2.45) is 0 Å². The molecule has 18 heavy (non-hydrogen) atoms. The highest BCUT2D eigenvalue weighted by atomic mass is 79.9. The predicted molar refractivity (Wildman–Crippen MR) is 74.1 cm³/mol. The van der Waals surface area contributed by atoms with E-state index in [-0.39, 0.29) is 11.9 Å². The highest BCUT2D eigenvalue weighted by Crippen LogP contribution is 2.21. The number of nitrogens with two attached hydrogens (primary N) is 1. The van der Waals surface area contributed by atoms with E-state index in [1.54, 1.807) is 10.9 Å². The number of rotatable bonds is 2. The van der Waals surface area contributed by atoms with E-state index in [4.69, 9.17) is 5.73 Å². The molecule has 1 aliphatic rings. The smallest absolute Gasteiger partial charge is 0.247 e. The molecule has 0 spiro atoms. The molecule has 0 aromatic carbocycles. The number of nitrogen functional groups attached to an aromatic ring is 1. The van der Waals surface area contributed by atoms with Crippen LogP contribution in [0.25, 0.3) is 0 Å². The van der Waals surface area contributed by atoms with Gasteiger partial charge in [0.25, 0.3) is 0 Å². The number of amides is 1. The van der Waals surface area contributed by atoms with Crippen LogP contribution in [0.1, 0.15) is 38.6 Å². The first-order chi connectivity index (χ1) is 8.59. The highest BCUT2D eigenvalue weighted by molar-refractivity contribution is 9.10. The quantitative estimate of drug-likeness (QED) is 0.910. The summed E-state index contributed by atoms with van der Waals surface area (Å²) in [5, 5.41) is 4.15. The number of likely N-dealkylation sites (tertiary alicyclic amines) is 1. The van der Waals surface area contributed by atoms with E-state index in [1.807, 2.05) is 11.8 Å². The Labute approximate surface area is 115 Å². The molecule has 0 aliphatic carbocycles. The molecule has 0 saturated carbocycles. The monoisotopic (exact) mass is 314 g/mol. The number of hydrogen-bond acceptors (Lipinski definition) is 3. The van der Waals surface area contributed by atoms with Crippen LogP contribution in [0.3, 0.4) is 0 Å². The zero-order valence-electron chi connectivity index (χ0n) is 10.6. The van der Waals surface area contributed by atoms with E-state index >= 15 is 0 Å². The van der Waals surface area contributed by atoms with Crippen molar-refractivity contribution >= 4 is 27.7 Å². The normalized spacial score (nSPS) is 18.4. The van der Waals surface area contributed by atoms with Crippen molar-refractivity contribution in [3.05, 3.63) is 10.7 Å². The third kappa shape index (κ3) is 2.85. The molecule has 5 nitrogen and oxygen atoms in total. The molecule has 1 saturated heterocycles. The fourth-order valence-electron chi connectivity index (χ4n) is 2.25. The molecular formula is C12H19BrN4O. The van der Waals surface area contributed by atoms with Crippen LogP contribution < -0.4 is 5.73 Å². The van der Waals surface area contributed by atoms with Crippen molar-refractivity contribution in [1.82, 2.24) is 14.7 Å². The number of halogens is 1. The van der Waals surface area contributed by atoms with Gasteiger partial charge in [-0.2, -0.15) is 5.10 Å². The van der Waals surface area contributed by atoms with Crippen molar-refractivity contribution in [2.75, 3.05) is 18.8 Å². The molecule has 1 fully saturated rings. The SMILES string of the molecule is CC(C(=O)N1CCCCCC1)n1cc(Br)c(N)n1. The van der Waals surface area contributed by atoms with E-state index in [1.165, 1.54) is 12.8 Å². The Balaban J connectivity index is 2.07. The molecule has 1 aromatic rings. The van der Waals surface area contributed by atoms with Gasteiger partial charge in [0.05, 0.1) is 4.47 Å². The Hall–Kier alpha value is -1.04. The summed E-state index contributed by atoms with van der Waals surface area (Å²) in [4.78, 5) is 14.3. The first-order valence-corrected chi connectivity index (χ1v) is 7.18. The minimum atomic E-state index is -0.295. The lowest BCUT2D eigenvalue weighted by molar-refractivity contribution is -0.134. The molecule has 0 radical (unpaired) electrons. The maximum atomic E-state index is 12.4. The topological polar surface area (TPSA) is 64.2 Å². The van der Waals surface area contributed by atoms with Gasteiger partial charge in [-0.15, -0.1) is 0 Å².